The number of phenolic OH excluding ortho intramolecular Hbond substituents is 1. The zero-order chi connectivity index (χ0) is 15.4. The number of nitrogens with two attached hydrogens (primary N) is 1. The highest BCUT2D eigenvalue weighted by molar-refractivity contribution is 5.96. The molecule has 0 aromatic heterocycles. The van der Waals surface area contributed by atoms with Gasteiger partial charge in [0.1, 0.15) is 5.75 Å². The number of piperazine rings is 1. The molecule has 0 bridgehead atoms. The minimum atomic E-state index is -0.177. The Morgan fingerprint density at radius 3 is 2.48 bits per heavy atom. The van der Waals surface area contributed by atoms with E-state index in [-0.39, 0.29) is 23.5 Å². The number of aromatic hydroxyl groups is 1. The monoisotopic (exact) mass is 292 g/mol. The summed E-state index contributed by atoms with van der Waals surface area (Å²) in [6.07, 6.45) is 0. The lowest BCUT2D eigenvalue weighted by Crippen LogP contribution is -2.54. The standard InChI is InChI=1S/C14H20N4O3/c1-10(13(15)16-21)17-6-8-18(9-7-17)14(20)11-4-2-3-5-12(11)19/h2-5,10,19,21H,6-9H2,1H3,(H2,15,16). The van der Waals surface area contributed by atoms with Gasteiger partial charge in [0.15, 0.2) is 5.84 Å². The predicted octanol–water partition coefficient (Wildman–Crippen LogP) is 0.285. The number of oxime groups is 1. The number of benzene rings is 1. The van der Waals surface area contributed by atoms with Crippen LogP contribution in [0, 0.1) is 0 Å². The molecule has 7 nitrogen and oxygen atoms in total. The predicted molar refractivity (Wildman–Crippen MR) is 78.5 cm³/mol. The van der Waals surface area contributed by atoms with E-state index >= 15 is 0 Å². The fourth-order valence-corrected chi connectivity index (χ4v) is 2.41. The van der Waals surface area contributed by atoms with Crippen molar-refractivity contribution >= 4 is 11.7 Å². The summed E-state index contributed by atoms with van der Waals surface area (Å²) in [4.78, 5) is 16.1. The topological polar surface area (TPSA) is 102 Å². The molecule has 1 aliphatic heterocycles. The molecule has 0 saturated carbocycles. The first kappa shape index (κ1) is 15.1. The third-order valence-corrected chi connectivity index (χ3v) is 3.83. The van der Waals surface area contributed by atoms with Gasteiger partial charge in [-0.15, -0.1) is 0 Å². The second-order valence-corrected chi connectivity index (χ2v) is 5.05. The van der Waals surface area contributed by atoms with Crippen molar-refractivity contribution in [3.63, 3.8) is 0 Å². The molecule has 2 rings (SSSR count). The Kier molecular flexibility index (Phi) is 4.64. The number of hydrogen-bond donors (Lipinski definition) is 3. The van der Waals surface area contributed by atoms with E-state index in [9.17, 15) is 9.90 Å². The van der Waals surface area contributed by atoms with Gasteiger partial charge in [-0.3, -0.25) is 9.69 Å². The first-order valence-electron chi connectivity index (χ1n) is 6.83. The second kappa shape index (κ2) is 6.45. The van der Waals surface area contributed by atoms with Crippen molar-refractivity contribution in [2.24, 2.45) is 10.9 Å². The van der Waals surface area contributed by atoms with Gasteiger partial charge in [-0.05, 0) is 19.1 Å². The molecule has 0 aliphatic carbocycles. The van der Waals surface area contributed by atoms with E-state index in [4.69, 9.17) is 10.9 Å². The van der Waals surface area contributed by atoms with Crippen LogP contribution >= 0.6 is 0 Å². The van der Waals surface area contributed by atoms with E-state index in [0.29, 0.717) is 31.7 Å². The molecule has 0 radical (unpaired) electrons. The molecule has 1 heterocycles. The number of amides is 1. The van der Waals surface area contributed by atoms with E-state index in [2.05, 4.69) is 5.16 Å². The van der Waals surface area contributed by atoms with Crippen molar-refractivity contribution in [2.75, 3.05) is 26.2 Å². The number of hydrogen-bond acceptors (Lipinski definition) is 5. The Bertz CT molecular complexity index is 539. The van der Waals surface area contributed by atoms with Gasteiger partial charge in [-0.1, -0.05) is 17.3 Å². The molecule has 1 aromatic rings. The Morgan fingerprint density at radius 1 is 1.29 bits per heavy atom. The third-order valence-electron chi connectivity index (χ3n) is 3.83. The number of nitrogens with zero attached hydrogens (tertiary/aromatic N) is 3. The van der Waals surface area contributed by atoms with E-state index < -0.39 is 0 Å². The summed E-state index contributed by atoms with van der Waals surface area (Å²) in [5, 5.41) is 21.5. The highest BCUT2D eigenvalue weighted by atomic mass is 16.4. The maximum atomic E-state index is 12.3. The first-order chi connectivity index (χ1) is 10.0. The SMILES string of the molecule is CC(C(N)=NO)N1CCN(C(=O)c2ccccc2O)CC1. The molecular weight excluding hydrogens is 272 g/mol. The van der Waals surface area contributed by atoms with Crippen LogP contribution in [0.3, 0.4) is 0 Å². The van der Waals surface area contributed by atoms with Crippen LogP contribution in [-0.4, -0.2) is 64.1 Å². The minimum Gasteiger partial charge on any atom is -0.507 e. The van der Waals surface area contributed by atoms with E-state index in [0.717, 1.165) is 0 Å². The van der Waals surface area contributed by atoms with E-state index in [1.807, 2.05) is 11.8 Å². The maximum Gasteiger partial charge on any atom is 0.257 e. The van der Waals surface area contributed by atoms with Gasteiger partial charge >= 0.3 is 0 Å². The van der Waals surface area contributed by atoms with Crippen LogP contribution < -0.4 is 5.73 Å². The normalized spacial score (nSPS) is 18.5. The Morgan fingerprint density at radius 2 is 1.90 bits per heavy atom. The van der Waals surface area contributed by atoms with Crippen molar-refractivity contribution in [2.45, 2.75) is 13.0 Å². The van der Waals surface area contributed by atoms with Gasteiger partial charge in [-0.25, -0.2) is 0 Å². The van der Waals surface area contributed by atoms with Crippen LogP contribution in [0.2, 0.25) is 0 Å². The average Bonchev–Trinajstić information content (AvgIpc) is 2.53. The molecule has 1 saturated heterocycles. The summed E-state index contributed by atoms with van der Waals surface area (Å²) in [5.41, 5.74) is 5.91. The summed E-state index contributed by atoms with van der Waals surface area (Å²) in [6, 6.07) is 6.36. The summed E-state index contributed by atoms with van der Waals surface area (Å²) in [5.74, 6) is -0.0189. The summed E-state index contributed by atoms with van der Waals surface area (Å²) < 4.78 is 0. The van der Waals surface area contributed by atoms with Crippen molar-refractivity contribution in [3.05, 3.63) is 29.8 Å². The van der Waals surface area contributed by atoms with Gasteiger partial charge in [0.05, 0.1) is 11.6 Å². The van der Waals surface area contributed by atoms with Gasteiger partial charge in [0.2, 0.25) is 0 Å². The molecule has 7 heteroatoms. The highest BCUT2D eigenvalue weighted by Gasteiger charge is 2.27. The zero-order valence-corrected chi connectivity index (χ0v) is 11.9. The summed E-state index contributed by atoms with van der Waals surface area (Å²) in [7, 11) is 0. The van der Waals surface area contributed by atoms with E-state index in [1.165, 1.54) is 6.07 Å². The number of amidine groups is 1. The highest BCUT2D eigenvalue weighted by Crippen LogP contribution is 2.19. The summed E-state index contributed by atoms with van der Waals surface area (Å²) >= 11 is 0. The van der Waals surface area contributed by atoms with Gasteiger partial charge in [-0.2, -0.15) is 0 Å². The average molecular weight is 292 g/mol. The lowest BCUT2D eigenvalue weighted by atomic mass is 10.1. The van der Waals surface area contributed by atoms with Crippen molar-refractivity contribution in [1.29, 1.82) is 0 Å². The molecular formula is C14H20N4O3. The summed E-state index contributed by atoms with van der Waals surface area (Å²) in [6.45, 7) is 4.20. The minimum absolute atomic E-state index is 0.00467. The fraction of sp³-hybridized carbons (Fsp3) is 0.429. The molecule has 1 amide bonds. The lowest BCUT2D eigenvalue weighted by molar-refractivity contribution is 0.0616. The number of carbonyl (C=O) groups excluding carboxylic acids is 1. The number of phenols is 1. The Hall–Kier alpha value is -2.28. The van der Waals surface area contributed by atoms with Crippen molar-refractivity contribution in [1.82, 2.24) is 9.80 Å². The van der Waals surface area contributed by atoms with Crippen LogP contribution in [0.25, 0.3) is 0 Å². The van der Waals surface area contributed by atoms with Crippen molar-refractivity contribution in [3.8, 4) is 5.75 Å². The van der Waals surface area contributed by atoms with Crippen LogP contribution in [0.5, 0.6) is 5.75 Å². The quantitative estimate of drug-likeness (QED) is 0.321. The molecule has 1 fully saturated rings. The molecule has 1 aliphatic rings. The van der Waals surface area contributed by atoms with Crippen molar-refractivity contribution < 1.29 is 15.1 Å². The van der Waals surface area contributed by atoms with Crippen LogP contribution in [0.4, 0.5) is 0 Å². The Balaban J connectivity index is 1.98. The van der Waals surface area contributed by atoms with Gasteiger partial charge in [0, 0.05) is 26.2 Å². The fourth-order valence-electron chi connectivity index (χ4n) is 2.41. The smallest absolute Gasteiger partial charge is 0.257 e. The lowest BCUT2D eigenvalue weighted by Gasteiger charge is -2.37. The molecule has 21 heavy (non-hydrogen) atoms. The number of carbonyl (C=O) groups is 1. The molecule has 1 aromatic carbocycles. The molecule has 0 spiro atoms. The second-order valence-electron chi connectivity index (χ2n) is 5.05. The third kappa shape index (κ3) is 3.25. The number of para-hydroxylation sites is 1. The van der Waals surface area contributed by atoms with E-state index in [1.54, 1.807) is 23.1 Å². The Labute approximate surface area is 123 Å². The zero-order valence-electron chi connectivity index (χ0n) is 11.9. The molecule has 114 valence electrons. The van der Waals surface area contributed by atoms with Crippen LogP contribution in [0.15, 0.2) is 29.4 Å². The molecule has 4 N–H and O–H groups in total. The van der Waals surface area contributed by atoms with Gasteiger partial charge in [0.25, 0.3) is 5.91 Å². The largest absolute Gasteiger partial charge is 0.507 e. The van der Waals surface area contributed by atoms with Crippen LogP contribution in [-0.2, 0) is 0 Å². The van der Waals surface area contributed by atoms with Gasteiger partial charge < -0.3 is 20.9 Å². The first-order valence-corrected chi connectivity index (χ1v) is 6.83. The number of rotatable bonds is 3. The maximum absolute atomic E-state index is 12.3. The molecule has 1 unspecified atom stereocenters. The van der Waals surface area contributed by atoms with Crippen LogP contribution in [0.1, 0.15) is 17.3 Å². The molecule has 1 atom stereocenters.